The van der Waals surface area contributed by atoms with Gasteiger partial charge in [-0.15, -0.1) is 0 Å². The first kappa shape index (κ1) is 18.9. The summed E-state index contributed by atoms with van der Waals surface area (Å²) >= 11 is 0. The van der Waals surface area contributed by atoms with Gasteiger partial charge in [0.05, 0.1) is 19.4 Å². The lowest BCUT2D eigenvalue weighted by atomic mass is 10.2. The molecule has 1 aliphatic heterocycles. The number of oxime groups is 1. The van der Waals surface area contributed by atoms with Crippen molar-refractivity contribution in [1.82, 2.24) is 5.32 Å². The standard InChI is InChI=1S/C16H20F2N2O5/c1-22-14-7-11(4-5-13(14)25-16(17)18)8-20-24-10-15(21)19-9-12-3-2-6-23-12/h4-5,7-8,12,16H,2-3,6,9-10H2,1H3,(H,19,21)/b20-8-/t12-/m1/s1. The van der Waals surface area contributed by atoms with Crippen LogP contribution >= 0.6 is 0 Å². The Hall–Kier alpha value is -2.42. The minimum absolute atomic E-state index is 0.0638. The van der Waals surface area contributed by atoms with Crippen LogP contribution in [0.15, 0.2) is 23.4 Å². The van der Waals surface area contributed by atoms with Gasteiger partial charge < -0.3 is 24.4 Å². The molecule has 7 nitrogen and oxygen atoms in total. The molecule has 0 radical (unpaired) electrons. The summed E-state index contributed by atoms with van der Waals surface area (Å²) in [5.41, 5.74) is 0.540. The summed E-state index contributed by atoms with van der Waals surface area (Å²) in [6, 6.07) is 4.30. The number of hydrogen-bond donors (Lipinski definition) is 1. The third kappa shape index (κ3) is 6.54. The molecule has 0 aromatic heterocycles. The minimum Gasteiger partial charge on any atom is -0.493 e. The molecule has 2 rings (SSSR count). The molecule has 0 aliphatic carbocycles. The molecule has 1 N–H and O–H groups in total. The van der Waals surface area contributed by atoms with Crippen LogP contribution < -0.4 is 14.8 Å². The molecule has 1 saturated heterocycles. The Morgan fingerprint density at radius 2 is 2.32 bits per heavy atom. The van der Waals surface area contributed by atoms with E-state index >= 15 is 0 Å². The van der Waals surface area contributed by atoms with E-state index < -0.39 is 6.61 Å². The third-order valence-corrected chi connectivity index (χ3v) is 3.43. The summed E-state index contributed by atoms with van der Waals surface area (Å²) in [4.78, 5) is 16.5. The summed E-state index contributed by atoms with van der Waals surface area (Å²) in [6.45, 7) is -1.99. The predicted molar refractivity (Wildman–Crippen MR) is 85.2 cm³/mol. The SMILES string of the molecule is COc1cc(/C=N\OCC(=O)NC[C@H]2CCCO2)ccc1OC(F)F. The molecule has 1 atom stereocenters. The topological polar surface area (TPSA) is 78.4 Å². The van der Waals surface area contributed by atoms with Crippen molar-refractivity contribution in [2.75, 3.05) is 26.9 Å². The van der Waals surface area contributed by atoms with Crippen LogP contribution in [0, 0.1) is 0 Å². The van der Waals surface area contributed by atoms with Crippen LogP contribution in [0.2, 0.25) is 0 Å². The van der Waals surface area contributed by atoms with Gasteiger partial charge in [0, 0.05) is 18.7 Å². The maximum atomic E-state index is 12.3. The van der Waals surface area contributed by atoms with Gasteiger partial charge in [-0.05, 0) is 31.0 Å². The number of benzene rings is 1. The third-order valence-electron chi connectivity index (χ3n) is 3.43. The van der Waals surface area contributed by atoms with Gasteiger partial charge in [0.2, 0.25) is 0 Å². The van der Waals surface area contributed by atoms with E-state index in [1.807, 2.05) is 0 Å². The van der Waals surface area contributed by atoms with Crippen molar-refractivity contribution in [3.05, 3.63) is 23.8 Å². The summed E-state index contributed by atoms with van der Waals surface area (Å²) in [7, 11) is 1.34. The second-order valence-electron chi connectivity index (χ2n) is 5.24. The maximum absolute atomic E-state index is 12.3. The first-order valence-corrected chi connectivity index (χ1v) is 7.75. The lowest BCUT2D eigenvalue weighted by molar-refractivity contribution is -0.126. The number of nitrogens with one attached hydrogen (secondary N) is 1. The van der Waals surface area contributed by atoms with E-state index in [4.69, 9.17) is 14.3 Å². The molecule has 0 unspecified atom stereocenters. The number of hydrogen-bond acceptors (Lipinski definition) is 6. The minimum atomic E-state index is -2.94. The van der Waals surface area contributed by atoms with Gasteiger partial charge in [-0.3, -0.25) is 4.79 Å². The Kier molecular flexibility index (Phi) is 7.39. The molecule has 1 aliphatic rings. The number of halogens is 2. The zero-order valence-electron chi connectivity index (χ0n) is 13.7. The first-order chi connectivity index (χ1) is 12.1. The van der Waals surface area contributed by atoms with Gasteiger partial charge >= 0.3 is 6.61 Å². The Balaban J connectivity index is 1.76. The zero-order valence-corrected chi connectivity index (χ0v) is 13.7. The fourth-order valence-electron chi connectivity index (χ4n) is 2.24. The monoisotopic (exact) mass is 358 g/mol. The van der Waals surface area contributed by atoms with Crippen LogP contribution in [0.25, 0.3) is 0 Å². The lowest BCUT2D eigenvalue weighted by Gasteiger charge is -2.10. The summed E-state index contributed by atoms with van der Waals surface area (Å²) in [6.07, 6.45) is 3.34. The number of methoxy groups -OCH3 is 1. The van der Waals surface area contributed by atoms with Crippen molar-refractivity contribution in [3.63, 3.8) is 0 Å². The van der Waals surface area contributed by atoms with E-state index in [0.717, 1.165) is 19.4 Å². The highest BCUT2D eigenvalue weighted by molar-refractivity contribution is 5.81. The van der Waals surface area contributed by atoms with E-state index in [0.29, 0.717) is 12.1 Å². The highest BCUT2D eigenvalue weighted by Gasteiger charge is 2.16. The number of amides is 1. The van der Waals surface area contributed by atoms with Crippen molar-refractivity contribution in [1.29, 1.82) is 0 Å². The molecule has 1 heterocycles. The molecular weight excluding hydrogens is 338 g/mol. The normalized spacial score (nSPS) is 17.0. The number of carbonyl (C=O) groups excluding carboxylic acids is 1. The molecule has 1 aromatic rings. The number of rotatable bonds is 9. The highest BCUT2D eigenvalue weighted by Crippen LogP contribution is 2.28. The first-order valence-electron chi connectivity index (χ1n) is 7.75. The average Bonchev–Trinajstić information content (AvgIpc) is 3.11. The maximum Gasteiger partial charge on any atom is 0.387 e. The number of alkyl halides is 2. The fourth-order valence-corrected chi connectivity index (χ4v) is 2.24. The van der Waals surface area contributed by atoms with E-state index in [1.165, 1.54) is 31.5 Å². The average molecular weight is 358 g/mol. The Morgan fingerprint density at radius 3 is 3.00 bits per heavy atom. The van der Waals surface area contributed by atoms with Gasteiger partial charge in [-0.1, -0.05) is 5.16 Å². The van der Waals surface area contributed by atoms with Crippen LogP contribution in [-0.4, -0.2) is 51.7 Å². The molecule has 0 spiro atoms. The van der Waals surface area contributed by atoms with Gasteiger partial charge in [-0.25, -0.2) is 0 Å². The molecule has 1 fully saturated rings. The highest BCUT2D eigenvalue weighted by atomic mass is 19.3. The Morgan fingerprint density at radius 1 is 1.48 bits per heavy atom. The van der Waals surface area contributed by atoms with Gasteiger partial charge in [-0.2, -0.15) is 8.78 Å². The van der Waals surface area contributed by atoms with Gasteiger partial charge in [0.1, 0.15) is 0 Å². The molecular formula is C16H20F2N2O5. The molecule has 0 bridgehead atoms. The second-order valence-corrected chi connectivity index (χ2v) is 5.24. The van der Waals surface area contributed by atoms with Crippen molar-refractivity contribution >= 4 is 12.1 Å². The molecule has 1 aromatic carbocycles. The quantitative estimate of drug-likeness (QED) is 0.539. The largest absolute Gasteiger partial charge is 0.493 e. The summed E-state index contributed by atoms with van der Waals surface area (Å²) < 4.78 is 39.2. The smallest absolute Gasteiger partial charge is 0.387 e. The van der Waals surface area contributed by atoms with Crippen molar-refractivity contribution in [2.45, 2.75) is 25.6 Å². The van der Waals surface area contributed by atoms with E-state index in [-0.39, 0.29) is 30.1 Å². The second kappa shape index (κ2) is 9.77. The fraction of sp³-hybridized carbons (Fsp3) is 0.500. The summed E-state index contributed by atoms with van der Waals surface area (Å²) in [5, 5.41) is 6.36. The van der Waals surface area contributed by atoms with Crippen molar-refractivity contribution in [3.8, 4) is 11.5 Å². The lowest BCUT2D eigenvalue weighted by Crippen LogP contribution is -2.33. The predicted octanol–water partition coefficient (Wildman–Crippen LogP) is 1.94. The Bertz CT molecular complexity index is 592. The van der Waals surface area contributed by atoms with Crippen LogP contribution in [0.1, 0.15) is 18.4 Å². The van der Waals surface area contributed by atoms with Crippen LogP contribution in [-0.2, 0) is 14.4 Å². The summed E-state index contributed by atoms with van der Waals surface area (Å²) in [5.74, 6) is -0.242. The van der Waals surface area contributed by atoms with Gasteiger partial charge in [0.25, 0.3) is 5.91 Å². The van der Waals surface area contributed by atoms with E-state index in [1.54, 1.807) is 0 Å². The van der Waals surface area contributed by atoms with E-state index in [9.17, 15) is 13.6 Å². The van der Waals surface area contributed by atoms with E-state index in [2.05, 4.69) is 15.2 Å². The number of carbonyl (C=O) groups is 1. The van der Waals surface area contributed by atoms with Crippen molar-refractivity contribution in [2.24, 2.45) is 5.16 Å². The van der Waals surface area contributed by atoms with Crippen LogP contribution in [0.5, 0.6) is 11.5 Å². The number of nitrogens with zero attached hydrogens (tertiary/aromatic N) is 1. The molecule has 9 heteroatoms. The van der Waals surface area contributed by atoms with Crippen molar-refractivity contribution < 1.29 is 32.6 Å². The van der Waals surface area contributed by atoms with Gasteiger partial charge in [0.15, 0.2) is 18.1 Å². The molecule has 1 amide bonds. The zero-order chi connectivity index (χ0) is 18.1. The van der Waals surface area contributed by atoms with Crippen LogP contribution in [0.3, 0.4) is 0 Å². The van der Waals surface area contributed by atoms with Crippen LogP contribution in [0.4, 0.5) is 8.78 Å². The number of ether oxygens (including phenoxy) is 3. The molecule has 0 saturated carbocycles. The molecule has 25 heavy (non-hydrogen) atoms. The Labute approximate surface area is 143 Å². The molecule has 138 valence electrons.